The number of amides is 1. The lowest BCUT2D eigenvalue weighted by Crippen LogP contribution is -2.36. The summed E-state index contributed by atoms with van der Waals surface area (Å²) in [5.41, 5.74) is 5.96. The van der Waals surface area contributed by atoms with Crippen molar-refractivity contribution < 1.29 is 9.53 Å². The van der Waals surface area contributed by atoms with E-state index in [0.717, 1.165) is 38.4 Å². The van der Waals surface area contributed by atoms with E-state index in [-0.39, 0.29) is 5.91 Å². The Hall–Kier alpha value is -2.17. The molecule has 2 aromatic rings. The molecular weight excluding hydrogens is 324 g/mol. The molecule has 0 spiro atoms. The van der Waals surface area contributed by atoms with Crippen LogP contribution in [0.4, 0.5) is 0 Å². The van der Waals surface area contributed by atoms with Gasteiger partial charge in [-0.25, -0.2) is 0 Å². The average molecular weight is 352 g/mol. The van der Waals surface area contributed by atoms with Crippen molar-refractivity contribution in [1.82, 2.24) is 10.2 Å². The molecule has 1 fully saturated rings. The van der Waals surface area contributed by atoms with E-state index in [1.54, 1.807) is 0 Å². The fourth-order valence-corrected chi connectivity index (χ4v) is 3.36. The standard InChI is InChI=1S/C22H28N2O2/c1-17-7-8-19(18(2)13-17)14-22(25)23-15-20-5-3-4-6-21(20)16-24-9-11-26-12-10-24/h3-8,13H,9-12,14-16H2,1-2H3,(H,23,25). The third-order valence-corrected chi connectivity index (χ3v) is 4.94. The molecule has 3 rings (SSSR count). The number of aryl methyl sites for hydroxylation is 2. The van der Waals surface area contributed by atoms with Crippen LogP contribution in [0.2, 0.25) is 0 Å². The maximum atomic E-state index is 12.4. The summed E-state index contributed by atoms with van der Waals surface area (Å²) in [5, 5.41) is 3.08. The first-order valence-corrected chi connectivity index (χ1v) is 9.31. The van der Waals surface area contributed by atoms with Crippen LogP contribution in [0.15, 0.2) is 42.5 Å². The van der Waals surface area contributed by atoms with Crippen molar-refractivity contribution in [2.45, 2.75) is 33.4 Å². The van der Waals surface area contributed by atoms with Gasteiger partial charge in [-0.3, -0.25) is 9.69 Å². The maximum Gasteiger partial charge on any atom is 0.224 e. The normalized spacial score (nSPS) is 15.0. The van der Waals surface area contributed by atoms with Crippen LogP contribution >= 0.6 is 0 Å². The van der Waals surface area contributed by atoms with Crippen LogP contribution in [0.3, 0.4) is 0 Å². The zero-order valence-electron chi connectivity index (χ0n) is 15.8. The fraction of sp³-hybridized carbons (Fsp3) is 0.409. The fourth-order valence-electron chi connectivity index (χ4n) is 3.36. The van der Waals surface area contributed by atoms with Crippen LogP contribution < -0.4 is 5.32 Å². The average Bonchev–Trinajstić information content (AvgIpc) is 2.64. The Balaban J connectivity index is 1.57. The van der Waals surface area contributed by atoms with Gasteiger partial charge in [0.05, 0.1) is 19.6 Å². The molecule has 0 aliphatic carbocycles. The van der Waals surface area contributed by atoms with E-state index in [4.69, 9.17) is 4.74 Å². The smallest absolute Gasteiger partial charge is 0.224 e. The predicted octanol–water partition coefficient (Wildman–Crippen LogP) is 2.99. The van der Waals surface area contributed by atoms with Crippen molar-refractivity contribution in [2.24, 2.45) is 0 Å². The third kappa shape index (κ3) is 5.16. The Kier molecular flexibility index (Phi) is 6.42. The van der Waals surface area contributed by atoms with Gasteiger partial charge >= 0.3 is 0 Å². The van der Waals surface area contributed by atoms with Crippen molar-refractivity contribution >= 4 is 5.91 Å². The summed E-state index contributed by atoms with van der Waals surface area (Å²) in [4.78, 5) is 14.8. The zero-order valence-corrected chi connectivity index (χ0v) is 15.8. The molecule has 1 heterocycles. The lowest BCUT2D eigenvalue weighted by molar-refractivity contribution is -0.120. The van der Waals surface area contributed by atoms with Crippen molar-refractivity contribution in [3.8, 4) is 0 Å². The molecule has 26 heavy (non-hydrogen) atoms. The highest BCUT2D eigenvalue weighted by atomic mass is 16.5. The lowest BCUT2D eigenvalue weighted by atomic mass is 10.0. The van der Waals surface area contributed by atoms with Gasteiger partial charge in [0.25, 0.3) is 0 Å². The first-order valence-electron chi connectivity index (χ1n) is 9.31. The molecule has 0 atom stereocenters. The molecule has 4 heteroatoms. The molecule has 1 aliphatic heterocycles. The highest BCUT2D eigenvalue weighted by molar-refractivity contribution is 5.79. The predicted molar refractivity (Wildman–Crippen MR) is 104 cm³/mol. The van der Waals surface area contributed by atoms with Gasteiger partial charge in [-0.15, -0.1) is 0 Å². The molecule has 0 bridgehead atoms. The molecule has 4 nitrogen and oxygen atoms in total. The Labute approximate surface area is 156 Å². The van der Waals surface area contributed by atoms with Gasteiger partial charge in [0.2, 0.25) is 5.91 Å². The molecule has 1 N–H and O–H groups in total. The number of morpholine rings is 1. The maximum absolute atomic E-state index is 12.4. The van der Waals surface area contributed by atoms with Crippen LogP contribution in [0.1, 0.15) is 27.8 Å². The summed E-state index contributed by atoms with van der Waals surface area (Å²) in [6, 6.07) is 14.6. The minimum Gasteiger partial charge on any atom is -0.379 e. The summed E-state index contributed by atoms with van der Waals surface area (Å²) in [7, 11) is 0. The molecule has 2 aromatic carbocycles. The second kappa shape index (κ2) is 8.97. The van der Waals surface area contributed by atoms with Crippen LogP contribution in [0.5, 0.6) is 0 Å². The molecular formula is C22H28N2O2. The number of rotatable bonds is 6. The molecule has 1 amide bonds. The largest absolute Gasteiger partial charge is 0.379 e. The van der Waals surface area contributed by atoms with E-state index in [2.05, 4.69) is 60.5 Å². The molecule has 0 radical (unpaired) electrons. The van der Waals surface area contributed by atoms with E-state index in [9.17, 15) is 4.79 Å². The number of carbonyl (C=O) groups is 1. The van der Waals surface area contributed by atoms with Crippen molar-refractivity contribution in [1.29, 1.82) is 0 Å². The molecule has 1 aliphatic rings. The van der Waals surface area contributed by atoms with Crippen molar-refractivity contribution in [3.63, 3.8) is 0 Å². The molecule has 1 saturated heterocycles. The van der Waals surface area contributed by atoms with Gasteiger partial charge in [0, 0.05) is 26.2 Å². The summed E-state index contributed by atoms with van der Waals surface area (Å²) >= 11 is 0. The van der Waals surface area contributed by atoms with Gasteiger partial charge in [-0.1, -0.05) is 48.0 Å². The minimum atomic E-state index is 0.0677. The van der Waals surface area contributed by atoms with E-state index < -0.39 is 0 Å². The molecule has 138 valence electrons. The zero-order chi connectivity index (χ0) is 18.4. The SMILES string of the molecule is Cc1ccc(CC(=O)NCc2ccccc2CN2CCOCC2)c(C)c1. The Morgan fingerprint density at radius 3 is 2.50 bits per heavy atom. The second-order valence-corrected chi connectivity index (χ2v) is 7.04. The number of hydrogen-bond acceptors (Lipinski definition) is 3. The van der Waals surface area contributed by atoms with Gasteiger partial charge in [0.15, 0.2) is 0 Å². The molecule has 0 unspecified atom stereocenters. The first kappa shape index (κ1) is 18.6. The quantitative estimate of drug-likeness (QED) is 0.869. The number of carbonyl (C=O) groups excluding carboxylic acids is 1. The summed E-state index contributed by atoms with van der Waals surface area (Å²) < 4.78 is 5.42. The molecule has 0 aromatic heterocycles. The number of nitrogens with zero attached hydrogens (tertiary/aromatic N) is 1. The van der Waals surface area contributed by atoms with E-state index >= 15 is 0 Å². The van der Waals surface area contributed by atoms with Crippen LogP contribution in [-0.4, -0.2) is 37.1 Å². The number of hydrogen-bond donors (Lipinski definition) is 1. The Morgan fingerprint density at radius 2 is 1.77 bits per heavy atom. The summed E-state index contributed by atoms with van der Waals surface area (Å²) in [6.07, 6.45) is 0.428. The van der Waals surface area contributed by atoms with E-state index in [1.165, 1.54) is 22.3 Å². The van der Waals surface area contributed by atoms with Crippen LogP contribution in [0.25, 0.3) is 0 Å². The molecule has 0 saturated carbocycles. The van der Waals surface area contributed by atoms with Gasteiger partial charge < -0.3 is 10.1 Å². The highest BCUT2D eigenvalue weighted by Gasteiger charge is 2.13. The number of benzene rings is 2. The third-order valence-electron chi connectivity index (χ3n) is 4.94. The summed E-state index contributed by atoms with van der Waals surface area (Å²) in [5.74, 6) is 0.0677. The highest BCUT2D eigenvalue weighted by Crippen LogP contribution is 2.14. The van der Waals surface area contributed by atoms with E-state index in [0.29, 0.717) is 13.0 Å². The first-order chi connectivity index (χ1) is 12.6. The minimum absolute atomic E-state index is 0.0677. The topological polar surface area (TPSA) is 41.6 Å². The Bertz CT molecular complexity index is 752. The Morgan fingerprint density at radius 1 is 1.04 bits per heavy atom. The van der Waals surface area contributed by atoms with Gasteiger partial charge in [0.1, 0.15) is 0 Å². The van der Waals surface area contributed by atoms with Gasteiger partial charge in [-0.2, -0.15) is 0 Å². The second-order valence-electron chi connectivity index (χ2n) is 7.04. The number of nitrogens with one attached hydrogen (secondary N) is 1. The van der Waals surface area contributed by atoms with E-state index in [1.807, 2.05) is 6.07 Å². The van der Waals surface area contributed by atoms with Crippen molar-refractivity contribution in [3.05, 3.63) is 70.3 Å². The summed E-state index contributed by atoms with van der Waals surface area (Å²) in [6.45, 7) is 9.15. The monoisotopic (exact) mass is 352 g/mol. The van der Waals surface area contributed by atoms with Gasteiger partial charge in [-0.05, 0) is 36.1 Å². The lowest BCUT2D eigenvalue weighted by Gasteiger charge is -2.27. The van der Waals surface area contributed by atoms with Crippen molar-refractivity contribution in [2.75, 3.05) is 26.3 Å². The number of ether oxygens (including phenoxy) is 1. The van der Waals surface area contributed by atoms with Crippen LogP contribution in [-0.2, 0) is 29.0 Å². The van der Waals surface area contributed by atoms with Crippen LogP contribution in [0, 0.1) is 13.8 Å².